The van der Waals surface area contributed by atoms with Crippen LogP contribution < -0.4 is 4.74 Å². The van der Waals surface area contributed by atoms with Crippen molar-refractivity contribution in [3.05, 3.63) is 29.3 Å². The Bertz CT molecular complexity index is 594. The molecule has 2 heteroatoms. The van der Waals surface area contributed by atoms with E-state index in [1.54, 1.807) is 18.2 Å². The first kappa shape index (κ1) is 16.4. The van der Waals surface area contributed by atoms with Crippen molar-refractivity contribution in [2.24, 2.45) is 17.3 Å². The zero-order valence-electron chi connectivity index (χ0n) is 15.5. The van der Waals surface area contributed by atoms with Gasteiger partial charge in [0.25, 0.3) is 0 Å². The molecule has 0 aliphatic heterocycles. The average molecular weight is 328 g/mol. The van der Waals surface area contributed by atoms with Crippen LogP contribution in [-0.2, 0) is 11.2 Å². The molecular weight excluding hydrogens is 296 g/mol. The van der Waals surface area contributed by atoms with E-state index in [9.17, 15) is 0 Å². The second-order valence-electron chi connectivity index (χ2n) is 8.40. The van der Waals surface area contributed by atoms with Gasteiger partial charge in [0.1, 0.15) is 5.75 Å². The van der Waals surface area contributed by atoms with Gasteiger partial charge in [0, 0.05) is 6.61 Å². The lowest BCUT2D eigenvalue weighted by atomic mass is 9.50. The standard InChI is InChI=1S/C22H32O2/c1-4-24-21-7-5-6-20-18-11-9-15-8-10-16(23-3)14-19(15)17(18)12-13-22(20,21)2/h8,10,14,17-18,20-21H,4-7,9,11-13H2,1-3H3/t17-,18+,20-,21?,22-/m0/s1. The Labute approximate surface area is 146 Å². The van der Waals surface area contributed by atoms with Gasteiger partial charge in [-0.2, -0.15) is 0 Å². The van der Waals surface area contributed by atoms with Crippen LogP contribution in [0.4, 0.5) is 0 Å². The Balaban J connectivity index is 1.65. The number of benzene rings is 1. The third kappa shape index (κ3) is 2.49. The van der Waals surface area contributed by atoms with E-state index in [1.807, 2.05) is 0 Å². The maximum atomic E-state index is 6.22. The van der Waals surface area contributed by atoms with Gasteiger partial charge in [-0.15, -0.1) is 0 Å². The van der Waals surface area contributed by atoms with Crippen LogP contribution >= 0.6 is 0 Å². The highest BCUT2D eigenvalue weighted by Crippen LogP contribution is 2.60. The molecule has 0 spiro atoms. The van der Waals surface area contributed by atoms with E-state index in [0.717, 1.165) is 30.1 Å². The zero-order chi connectivity index (χ0) is 16.7. The number of methoxy groups -OCH3 is 1. The number of aryl methyl sites for hydroxylation is 1. The summed E-state index contributed by atoms with van der Waals surface area (Å²) in [6, 6.07) is 6.78. The quantitative estimate of drug-likeness (QED) is 0.745. The summed E-state index contributed by atoms with van der Waals surface area (Å²) in [6.07, 6.45) is 9.74. The van der Waals surface area contributed by atoms with Gasteiger partial charge in [-0.05, 0) is 91.9 Å². The molecule has 0 N–H and O–H groups in total. The Kier molecular flexibility index (Phi) is 4.36. The van der Waals surface area contributed by atoms with Crippen LogP contribution in [0.3, 0.4) is 0 Å². The fourth-order valence-corrected chi connectivity index (χ4v) is 6.29. The summed E-state index contributed by atoms with van der Waals surface area (Å²) in [4.78, 5) is 0. The zero-order valence-corrected chi connectivity index (χ0v) is 15.5. The van der Waals surface area contributed by atoms with Crippen molar-refractivity contribution in [1.82, 2.24) is 0 Å². The Hall–Kier alpha value is -1.02. The maximum absolute atomic E-state index is 6.22. The van der Waals surface area contributed by atoms with E-state index in [0.29, 0.717) is 11.5 Å². The van der Waals surface area contributed by atoms with Crippen molar-refractivity contribution in [3.8, 4) is 5.75 Å². The minimum atomic E-state index is 0.395. The van der Waals surface area contributed by atoms with Crippen LogP contribution in [0.2, 0.25) is 0 Å². The molecule has 0 amide bonds. The molecule has 132 valence electrons. The molecule has 0 heterocycles. The van der Waals surface area contributed by atoms with Crippen molar-refractivity contribution in [1.29, 1.82) is 0 Å². The van der Waals surface area contributed by atoms with E-state index in [1.165, 1.54) is 44.9 Å². The molecule has 3 aliphatic carbocycles. The fraction of sp³-hybridized carbons (Fsp3) is 0.727. The van der Waals surface area contributed by atoms with Gasteiger partial charge in [-0.3, -0.25) is 0 Å². The number of fused-ring (bicyclic) bond motifs is 5. The lowest BCUT2D eigenvalue weighted by Gasteiger charge is -2.57. The molecule has 1 aromatic rings. The Morgan fingerprint density at radius 1 is 1.17 bits per heavy atom. The molecule has 5 atom stereocenters. The molecule has 0 bridgehead atoms. The molecule has 1 unspecified atom stereocenters. The summed E-state index contributed by atoms with van der Waals surface area (Å²) >= 11 is 0. The predicted molar refractivity (Wildman–Crippen MR) is 97.6 cm³/mol. The first-order valence-electron chi connectivity index (χ1n) is 9.95. The molecule has 0 aromatic heterocycles. The first-order chi connectivity index (χ1) is 11.7. The number of hydrogen-bond acceptors (Lipinski definition) is 2. The Morgan fingerprint density at radius 2 is 2.04 bits per heavy atom. The van der Waals surface area contributed by atoms with Crippen LogP contribution in [0.25, 0.3) is 0 Å². The molecule has 4 rings (SSSR count). The van der Waals surface area contributed by atoms with Crippen LogP contribution in [0.1, 0.15) is 69.4 Å². The third-order valence-electron chi connectivity index (χ3n) is 7.46. The highest BCUT2D eigenvalue weighted by molar-refractivity contribution is 5.40. The smallest absolute Gasteiger partial charge is 0.119 e. The predicted octanol–water partition coefficient (Wildman–Crippen LogP) is 5.35. The van der Waals surface area contributed by atoms with E-state index in [4.69, 9.17) is 9.47 Å². The summed E-state index contributed by atoms with van der Waals surface area (Å²) in [5, 5.41) is 0. The van der Waals surface area contributed by atoms with Gasteiger partial charge in [-0.25, -0.2) is 0 Å². The number of ether oxygens (including phenoxy) is 2. The van der Waals surface area contributed by atoms with Gasteiger partial charge < -0.3 is 9.47 Å². The molecule has 24 heavy (non-hydrogen) atoms. The number of hydrogen-bond donors (Lipinski definition) is 0. The van der Waals surface area contributed by atoms with Crippen LogP contribution in [0, 0.1) is 17.3 Å². The van der Waals surface area contributed by atoms with Gasteiger partial charge in [-0.1, -0.05) is 19.4 Å². The van der Waals surface area contributed by atoms with E-state index >= 15 is 0 Å². The highest BCUT2D eigenvalue weighted by Gasteiger charge is 2.53. The average Bonchev–Trinajstić information content (AvgIpc) is 2.61. The third-order valence-corrected chi connectivity index (χ3v) is 7.46. The minimum Gasteiger partial charge on any atom is -0.497 e. The van der Waals surface area contributed by atoms with Gasteiger partial charge in [0.2, 0.25) is 0 Å². The minimum absolute atomic E-state index is 0.395. The molecule has 1 aromatic carbocycles. The van der Waals surface area contributed by atoms with Crippen molar-refractivity contribution >= 4 is 0 Å². The van der Waals surface area contributed by atoms with Crippen LogP contribution in [0.15, 0.2) is 18.2 Å². The molecule has 2 saturated carbocycles. The topological polar surface area (TPSA) is 18.5 Å². The summed E-state index contributed by atoms with van der Waals surface area (Å²) < 4.78 is 11.7. The summed E-state index contributed by atoms with van der Waals surface area (Å²) in [7, 11) is 1.79. The molecule has 0 radical (unpaired) electrons. The van der Waals surface area contributed by atoms with Crippen molar-refractivity contribution in [3.63, 3.8) is 0 Å². The first-order valence-corrected chi connectivity index (χ1v) is 9.95. The lowest BCUT2D eigenvalue weighted by Crippen LogP contribution is -2.51. The monoisotopic (exact) mass is 328 g/mol. The Morgan fingerprint density at radius 3 is 2.83 bits per heavy atom. The van der Waals surface area contributed by atoms with Crippen molar-refractivity contribution in [2.45, 2.75) is 70.8 Å². The number of rotatable bonds is 3. The second kappa shape index (κ2) is 6.37. The van der Waals surface area contributed by atoms with E-state index in [2.05, 4.69) is 32.0 Å². The molecule has 3 aliphatic rings. The molecule has 2 fully saturated rings. The normalized spacial score (nSPS) is 38.0. The van der Waals surface area contributed by atoms with Gasteiger partial charge >= 0.3 is 0 Å². The maximum Gasteiger partial charge on any atom is 0.119 e. The molecule has 0 saturated heterocycles. The van der Waals surface area contributed by atoms with Crippen molar-refractivity contribution in [2.75, 3.05) is 13.7 Å². The summed E-state index contributed by atoms with van der Waals surface area (Å²) in [5.41, 5.74) is 3.55. The second-order valence-corrected chi connectivity index (χ2v) is 8.40. The molecule has 2 nitrogen and oxygen atoms in total. The van der Waals surface area contributed by atoms with Gasteiger partial charge in [0.05, 0.1) is 13.2 Å². The van der Waals surface area contributed by atoms with Gasteiger partial charge in [0.15, 0.2) is 0 Å². The SMILES string of the molecule is CCOC1CCC[C@H]2[C@@H]3CCc4ccc(OC)cc4[C@H]3CC[C@]12C. The van der Waals surface area contributed by atoms with Crippen molar-refractivity contribution < 1.29 is 9.47 Å². The van der Waals surface area contributed by atoms with E-state index in [-0.39, 0.29) is 0 Å². The van der Waals surface area contributed by atoms with E-state index < -0.39 is 0 Å². The van der Waals surface area contributed by atoms with Crippen LogP contribution in [0.5, 0.6) is 5.75 Å². The summed E-state index contributed by atoms with van der Waals surface area (Å²) in [5.74, 6) is 3.44. The lowest BCUT2D eigenvalue weighted by molar-refractivity contribution is -0.126. The largest absolute Gasteiger partial charge is 0.497 e. The van der Waals surface area contributed by atoms with Crippen LogP contribution in [-0.4, -0.2) is 19.8 Å². The highest BCUT2D eigenvalue weighted by atomic mass is 16.5. The fourth-order valence-electron chi connectivity index (χ4n) is 6.29. The molecular formula is C22H32O2. The summed E-state index contributed by atoms with van der Waals surface area (Å²) in [6.45, 7) is 5.55.